The molecule has 0 bridgehead atoms. The summed E-state index contributed by atoms with van der Waals surface area (Å²) in [6, 6.07) is 13.1. The fourth-order valence-corrected chi connectivity index (χ4v) is 4.69. The number of carbonyl (C=O) groups is 1. The molecule has 184 valence electrons. The van der Waals surface area contributed by atoms with Crippen molar-refractivity contribution in [1.29, 1.82) is 0 Å². The van der Waals surface area contributed by atoms with Crippen LogP contribution in [0.5, 0.6) is 0 Å². The first-order valence-corrected chi connectivity index (χ1v) is 11.8. The number of hydrogen-bond acceptors (Lipinski definition) is 5. The van der Waals surface area contributed by atoms with E-state index in [1.54, 1.807) is 13.2 Å². The summed E-state index contributed by atoms with van der Waals surface area (Å²) in [4.78, 5) is 25.3. The standard InChI is InChI=1S/C25H35N7O.HI/c1-18-7-9-22(10-8-18)31-14-11-21(17-31)30-25(27-2)29-15-19-5-3-12-28-24(19)32-13-4-6-20(16-32)23(26)33;/h3,5,7-10,12,20-21H,4,6,11,13-17H2,1-2H3,(H2,26,33)(H2,27,29,30);1H. The van der Waals surface area contributed by atoms with Crippen molar-refractivity contribution < 1.29 is 4.79 Å². The number of aromatic nitrogens is 1. The first-order valence-electron chi connectivity index (χ1n) is 11.8. The Hall–Kier alpha value is -2.56. The Morgan fingerprint density at radius 3 is 2.68 bits per heavy atom. The molecule has 0 spiro atoms. The van der Waals surface area contributed by atoms with Crippen LogP contribution in [0.3, 0.4) is 0 Å². The van der Waals surface area contributed by atoms with Crippen molar-refractivity contribution in [3.8, 4) is 0 Å². The van der Waals surface area contributed by atoms with Gasteiger partial charge in [0.05, 0.1) is 5.92 Å². The second-order valence-corrected chi connectivity index (χ2v) is 9.01. The largest absolute Gasteiger partial charge is 0.369 e. The highest BCUT2D eigenvalue weighted by atomic mass is 127. The number of hydrogen-bond donors (Lipinski definition) is 3. The lowest BCUT2D eigenvalue weighted by atomic mass is 9.97. The van der Waals surface area contributed by atoms with Crippen molar-refractivity contribution >= 4 is 47.3 Å². The van der Waals surface area contributed by atoms with E-state index in [2.05, 4.69) is 67.7 Å². The summed E-state index contributed by atoms with van der Waals surface area (Å²) in [5.41, 5.74) is 9.20. The Kier molecular flexibility index (Phi) is 9.37. The van der Waals surface area contributed by atoms with Crippen LogP contribution in [-0.4, -0.2) is 56.1 Å². The monoisotopic (exact) mass is 577 g/mol. The summed E-state index contributed by atoms with van der Waals surface area (Å²) in [5, 5.41) is 7.02. The molecule has 4 rings (SSSR count). The van der Waals surface area contributed by atoms with Gasteiger partial charge in [-0.15, -0.1) is 24.0 Å². The van der Waals surface area contributed by atoms with E-state index in [4.69, 9.17) is 5.73 Å². The number of nitrogens with one attached hydrogen (secondary N) is 2. The van der Waals surface area contributed by atoms with E-state index < -0.39 is 0 Å². The fraction of sp³-hybridized carbons (Fsp3) is 0.480. The predicted octanol–water partition coefficient (Wildman–Crippen LogP) is 2.65. The zero-order chi connectivity index (χ0) is 23.2. The van der Waals surface area contributed by atoms with E-state index in [-0.39, 0.29) is 35.8 Å². The maximum Gasteiger partial charge on any atom is 0.222 e. The summed E-state index contributed by atoms with van der Waals surface area (Å²) in [6.45, 7) is 6.21. The molecule has 0 saturated carbocycles. The number of rotatable bonds is 6. The SMILES string of the molecule is CN=C(NCc1cccnc1N1CCCC(C(N)=O)C1)NC1CCN(c2ccc(C)cc2)C1.I. The molecule has 1 aromatic carbocycles. The van der Waals surface area contributed by atoms with Crippen LogP contribution in [-0.2, 0) is 11.3 Å². The third kappa shape index (κ3) is 6.52. The predicted molar refractivity (Wildman–Crippen MR) is 149 cm³/mol. The zero-order valence-corrected chi connectivity index (χ0v) is 22.4. The molecule has 2 saturated heterocycles. The molecule has 2 aromatic rings. The van der Waals surface area contributed by atoms with Gasteiger partial charge in [-0.25, -0.2) is 4.98 Å². The number of piperidine rings is 1. The van der Waals surface area contributed by atoms with E-state index >= 15 is 0 Å². The zero-order valence-electron chi connectivity index (χ0n) is 20.0. The lowest BCUT2D eigenvalue weighted by Gasteiger charge is -2.33. The molecule has 2 aliphatic rings. The van der Waals surface area contributed by atoms with E-state index in [0.717, 1.165) is 56.2 Å². The van der Waals surface area contributed by atoms with E-state index in [9.17, 15) is 4.79 Å². The molecule has 1 amide bonds. The molecular formula is C25H36IN7O. The van der Waals surface area contributed by atoms with Crippen LogP contribution in [0.1, 0.15) is 30.4 Å². The van der Waals surface area contributed by atoms with Crippen molar-refractivity contribution in [1.82, 2.24) is 15.6 Å². The highest BCUT2D eigenvalue weighted by Crippen LogP contribution is 2.24. The Labute approximate surface area is 219 Å². The molecule has 0 aliphatic carbocycles. The van der Waals surface area contributed by atoms with Gasteiger partial charge in [-0.1, -0.05) is 23.8 Å². The number of benzene rings is 1. The number of anilines is 2. The van der Waals surface area contributed by atoms with Crippen LogP contribution in [0.25, 0.3) is 0 Å². The number of primary amides is 1. The van der Waals surface area contributed by atoms with Crippen molar-refractivity contribution in [2.24, 2.45) is 16.6 Å². The molecule has 8 nitrogen and oxygen atoms in total. The van der Waals surface area contributed by atoms with Crippen LogP contribution in [0.2, 0.25) is 0 Å². The Morgan fingerprint density at radius 1 is 1.15 bits per heavy atom. The third-order valence-corrected chi connectivity index (χ3v) is 6.59. The number of carbonyl (C=O) groups excluding carboxylic acids is 1. The lowest BCUT2D eigenvalue weighted by molar-refractivity contribution is -0.122. The van der Waals surface area contributed by atoms with Crippen LogP contribution in [0, 0.1) is 12.8 Å². The van der Waals surface area contributed by atoms with Crippen molar-refractivity contribution in [2.45, 2.75) is 38.8 Å². The first-order chi connectivity index (χ1) is 16.0. The van der Waals surface area contributed by atoms with Crippen LogP contribution in [0.4, 0.5) is 11.5 Å². The maximum atomic E-state index is 11.7. The van der Waals surface area contributed by atoms with Gasteiger partial charge in [0.2, 0.25) is 5.91 Å². The molecule has 3 heterocycles. The van der Waals surface area contributed by atoms with Gasteiger partial charge in [0.25, 0.3) is 0 Å². The van der Waals surface area contributed by atoms with Crippen molar-refractivity contribution in [2.75, 3.05) is 43.0 Å². The Bertz CT molecular complexity index is 981. The number of amides is 1. The Morgan fingerprint density at radius 2 is 1.94 bits per heavy atom. The quantitative estimate of drug-likeness (QED) is 0.278. The summed E-state index contributed by atoms with van der Waals surface area (Å²) >= 11 is 0. The van der Waals surface area contributed by atoms with Gasteiger partial charge in [0, 0.05) is 63.3 Å². The van der Waals surface area contributed by atoms with Crippen LogP contribution < -0.4 is 26.2 Å². The third-order valence-electron chi connectivity index (χ3n) is 6.59. The number of halogens is 1. The van der Waals surface area contributed by atoms with E-state index in [0.29, 0.717) is 19.1 Å². The molecule has 2 aliphatic heterocycles. The van der Waals surface area contributed by atoms with Gasteiger partial charge < -0.3 is 26.2 Å². The maximum absolute atomic E-state index is 11.7. The van der Waals surface area contributed by atoms with Crippen molar-refractivity contribution in [3.05, 3.63) is 53.7 Å². The number of nitrogens with two attached hydrogens (primary N) is 1. The molecular weight excluding hydrogens is 541 g/mol. The Balaban J connectivity index is 0.00000324. The highest BCUT2D eigenvalue weighted by molar-refractivity contribution is 14.0. The number of guanidine groups is 1. The number of aryl methyl sites for hydroxylation is 1. The van der Waals surface area contributed by atoms with Gasteiger partial charge in [-0.3, -0.25) is 9.79 Å². The lowest BCUT2D eigenvalue weighted by Crippen LogP contribution is -2.45. The first kappa shape index (κ1) is 26.1. The fourth-order valence-electron chi connectivity index (χ4n) is 4.69. The second kappa shape index (κ2) is 12.2. The van der Waals surface area contributed by atoms with Crippen LogP contribution >= 0.6 is 24.0 Å². The number of aliphatic imine (C=N–C) groups is 1. The minimum atomic E-state index is -0.226. The molecule has 34 heavy (non-hydrogen) atoms. The minimum absolute atomic E-state index is 0. The average Bonchev–Trinajstić information content (AvgIpc) is 3.31. The summed E-state index contributed by atoms with van der Waals surface area (Å²) in [6.07, 6.45) is 4.66. The molecule has 9 heteroatoms. The summed E-state index contributed by atoms with van der Waals surface area (Å²) in [7, 11) is 1.80. The summed E-state index contributed by atoms with van der Waals surface area (Å²) < 4.78 is 0. The highest BCUT2D eigenvalue weighted by Gasteiger charge is 2.26. The van der Waals surface area contributed by atoms with Gasteiger partial charge in [-0.05, 0) is 44.4 Å². The smallest absolute Gasteiger partial charge is 0.222 e. The van der Waals surface area contributed by atoms with Gasteiger partial charge in [-0.2, -0.15) is 0 Å². The molecule has 1 aromatic heterocycles. The van der Waals surface area contributed by atoms with Crippen molar-refractivity contribution in [3.63, 3.8) is 0 Å². The van der Waals surface area contributed by atoms with Gasteiger partial charge in [0.1, 0.15) is 5.82 Å². The minimum Gasteiger partial charge on any atom is -0.369 e. The second-order valence-electron chi connectivity index (χ2n) is 9.01. The molecule has 4 N–H and O–H groups in total. The molecule has 2 fully saturated rings. The van der Waals surface area contributed by atoms with E-state index in [1.807, 2.05) is 6.07 Å². The normalized spacial score (nSPS) is 20.6. The molecule has 2 unspecified atom stereocenters. The number of pyridine rings is 1. The van der Waals surface area contributed by atoms with Gasteiger partial charge in [0.15, 0.2) is 5.96 Å². The number of nitrogens with zero attached hydrogens (tertiary/aromatic N) is 4. The van der Waals surface area contributed by atoms with Crippen LogP contribution in [0.15, 0.2) is 47.6 Å². The average molecular weight is 578 g/mol. The van der Waals surface area contributed by atoms with E-state index in [1.165, 1.54) is 11.3 Å². The van der Waals surface area contributed by atoms with Gasteiger partial charge >= 0.3 is 0 Å². The topological polar surface area (TPSA) is 98.9 Å². The summed E-state index contributed by atoms with van der Waals surface area (Å²) in [5.74, 6) is 1.36. The molecule has 2 atom stereocenters. The molecule has 0 radical (unpaired) electrons.